The first-order valence-electron chi connectivity index (χ1n) is 11.0. The number of thiazole rings is 1. The quantitative estimate of drug-likeness (QED) is 0.587. The summed E-state index contributed by atoms with van der Waals surface area (Å²) in [5.41, 5.74) is 0.750. The summed E-state index contributed by atoms with van der Waals surface area (Å²) in [6.45, 7) is 3.44. The van der Waals surface area contributed by atoms with E-state index in [4.69, 9.17) is 0 Å². The fourth-order valence-electron chi connectivity index (χ4n) is 4.43. The van der Waals surface area contributed by atoms with Gasteiger partial charge in [0.15, 0.2) is 5.13 Å². The monoisotopic (exact) mass is 471 g/mol. The summed E-state index contributed by atoms with van der Waals surface area (Å²) in [4.78, 5) is 41.2. The van der Waals surface area contributed by atoms with Gasteiger partial charge in [-0.2, -0.15) is 0 Å². The fourth-order valence-corrected chi connectivity index (χ4v) is 5.39. The van der Waals surface area contributed by atoms with Crippen LogP contribution in [0, 0.1) is 17.6 Å². The predicted octanol–water partition coefficient (Wildman–Crippen LogP) is 3.17. The van der Waals surface area contributed by atoms with Crippen LogP contribution in [0.4, 0.5) is 13.9 Å². The number of anilines is 1. The SMILES string of the molecule is O=C(c1ccc(F)cc1F)N1CCC(C(=O)N2CCN(c3nc4cccnc4s3)CC2)CC1. The smallest absolute Gasteiger partial charge is 0.256 e. The Morgan fingerprint density at radius 3 is 2.42 bits per heavy atom. The number of hydrogen-bond acceptors (Lipinski definition) is 6. The lowest BCUT2D eigenvalue weighted by Crippen LogP contribution is -2.52. The maximum Gasteiger partial charge on any atom is 0.256 e. The molecule has 0 aliphatic carbocycles. The molecule has 0 spiro atoms. The van der Waals surface area contributed by atoms with Gasteiger partial charge in [0.1, 0.15) is 22.0 Å². The Hall–Kier alpha value is -3.14. The number of amides is 2. The van der Waals surface area contributed by atoms with Gasteiger partial charge in [0.2, 0.25) is 5.91 Å². The number of piperidine rings is 1. The number of halogens is 2. The van der Waals surface area contributed by atoms with E-state index in [2.05, 4.69) is 14.9 Å². The molecule has 4 heterocycles. The lowest BCUT2D eigenvalue weighted by Gasteiger charge is -2.38. The summed E-state index contributed by atoms with van der Waals surface area (Å²) < 4.78 is 27.1. The lowest BCUT2D eigenvalue weighted by atomic mass is 9.94. The minimum Gasteiger partial charge on any atom is -0.344 e. The van der Waals surface area contributed by atoms with Gasteiger partial charge in [-0.1, -0.05) is 11.3 Å². The number of piperazine rings is 1. The molecule has 0 unspecified atom stereocenters. The van der Waals surface area contributed by atoms with Crippen LogP contribution in [0.15, 0.2) is 36.5 Å². The zero-order chi connectivity index (χ0) is 22.9. The van der Waals surface area contributed by atoms with Gasteiger partial charge in [-0.15, -0.1) is 0 Å². The van der Waals surface area contributed by atoms with Gasteiger partial charge in [-0.05, 0) is 37.1 Å². The molecule has 2 amide bonds. The summed E-state index contributed by atoms with van der Waals surface area (Å²) in [5.74, 6) is -2.07. The van der Waals surface area contributed by atoms with Crippen LogP contribution in [-0.4, -0.2) is 70.9 Å². The number of aromatic nitrogens is 2. The minimum absolute atomic E-state index is 0.112. The summed E-state index contributed by atoms with van der Waals surface area (Å²) in [5, 5.41) is 0.927. The van der Waals surface area contributed by atoms with Crippen LogP contribution in [0.5, 0.6) is 0 Å². The third-order valence-corrected chi connectivity index (χ3v) is 7.35. The summed E-state index contributed by atoms with van der Waals surface area (Å²) in [6.07, 6.45) is 2.84. The first-order chi connectivity index (χ1) is 16.0. The average Bonchev–Trinajstić information content (AvgIpc) is 3.28. The van der Waals surface area contributed by atoms with Gasteiger partial charge < -0.3 is 14.7 Å². The molecule has 2 aliphatic heterocycles. The minimum atomic E-state index is -0.861. The summed E-state index contributed by atoms with van der Waals surface area (Å²) in [6, 6.07) is 6.79. The highest BCUT2D eigenvalue weighted by atomic mass is 32.1. The van der Waals surface area contributed by atoms with Crippen molar-refractivity contribution >= 4 is 38.6 Å². The molecule has 1 aromatic carbocycles. The highest BCUT2D eigenvalue weighted by Gasteiger charge is 2.33. The molecule has 2 aliphatic rings. The largest absolute Gasteiger partial charge is 0.344 e. The Morgan fingerprint density at radius 1 is 0.970 bits per heavy atom. The van der Waals surface area contributed by atoms with E-state index in [1.54, 1.807) is 22.4 Å². The molecule has 2 aromatic heterocycles. The van der Waals surface area contributed by atoms with E-state index in [0.29, 0.717) is 58.2 Å². The standard InChI is InChI=1S/C23H23F2N5O2S/c24-16-3-4-17(18(25)14-16)22(32)28-8-5-15(6-9-28)21(31)29-10-12-30(13-11-29)23-27-19-2-1-7-26-20(19)33-23/h1-4,7,14-15H,5-6,8-13H2. The van der Waals surface area contributed by atoms with Crippen LogP contribution in [0.25, 0.3) is 10.3 Å². The first kappa shape index (κ1) is 21.7. The average molecular weight is 472 g/mol. The van der Waals surface area contributed by atoms with Crippen molar-refractivity contribution in [2.24, 2.45) is 5.92 Å². The molecule has 10 heteroatoms. The third kappa shape index (κ3) is 4.39. The van der Waals surface area contributed by atoms with Gasteiger partial charge in [-0.25, -0.2) is 18.7 Å². The number of likely N-dealkylation sites (tertiary alicyclic amines) is 1. The number of pyridine rings is 1. The highest BCUT2D eigenvalue weighted by molar-refractivity contribution is 7.21. The molecule has 172 valence electrons. The van der Waals surface area contributed by atoms with E-state index >= 15 is 0 Å². The van der Waals surface area contributed by atoms with Crippen molar-refractivity contribution in [2.45, 2.75) is 12.8 Å². The fraction of sp³-hybridized carbons (Fsp3) is 0.391. The molecule has 0 atom stereocenters. The summed E-state index contributed by atoms with van der Waals surface area (Å²) >= 11 is 1.56. The van der Waals surface area contributed by atoms with E-state index < -0.39 is 17.5 Å². The normalized spacial score (nSPS) is 17.6. The zero-order valence-corrected chi connectivity index (χ0v) is 18.7. The van der Waals surface area contributed by atoms with Crippen molar-refractivity contribution in [3.63, 3.8) is 0 Å². The number of carbonyl (C=O) groups is 2. The number of rotatable bonds is 3. The van der Waals surface area contributed by atoms with Crippen molar-refractivity contribution < 1.29 is 18.4 Å². The van der Waals surface area contributed by atoms with E-state index in [1.807, 2.05) is 17.0 Å². The van der Waals surface area contributed by atoms with E-state index in [0.717, 1.165) is 21.5 Å². The molecular formula is C23H23F2N5O2S. The predicted molar refractivity (Wildman–Crippen MR) is 121 cm³/mol. The van der Waals surface area contributed by atoms with Gasteiger partial charge in [0, 0.05) is 57.4 Å². The van der Waals surface area contributed by atoms with E-state index in [1.165, 1.54) is 6.07 Å². The molecule has 2 fully saturated rings. The molecular weight excluding hydrogens is 448 g/mol. The van der Waals surface area contributed by atoms with Crippen LogP contribution in [0.2, 0.25) is 0 Å². The summed E-state index contributed by atoms with van der Waals surface area (Å²) in [7, 11) is 0. The molecule has 0 bridgehead atoms. The molecule has 3 aromatic rings. The molecule has 0 saturated carbocycles. The number of benzene rings is 1. The maximum absolute atomic E-state index is 14.0. The number of nitrogens with zero attached hydrogens (tertiary/aromatic N) is 5. The van der Waals surface area contributed by atoms with Gasteiger partial charge in [0.05, 0.1) is 5.56 Å². The highest BCUT2D eigenvalue weighted by Crippen LogP contribution is 2.28. The Kier molecular flexibility index (Phi) is 5.92. The first-order valence-corrected chi connectivity index (χ1v) is 11.8. The Bertz CT molecular complexity index is 1150. The number of carbonyl (C=O) groups excluding carboxylic acids is 2. The second-order valence-electron chi connectivity index (χ2n) is 8.33. The van der Waals surface area contributed by atoms with Crippen LogP contribution in [0.3, 0.4) is 0 Å². The van der Waals surface area contributed by atoms with Gasteiger partial charge >= 0.3 is 0 Å². The molecule has 0 N–H and O–H groups in total. The van der Waals surface area contributed by atoms with Gasteiger partial charge in [-0.3, -0.25) is 9.59 Å². The Morgan fingerprint density at radius 2 is 1.73 bits per heavy atom. The molecule has 2 saturated heterocycles. The number of hydrogen-bond donors (Lipinski definition) is 0. The van der Waals surface area contributed by atoms with Crippen molar-refractivity contribution in [3.05, 3.63) is 53.7 Å². The molecule has 7 nitrogen and oxygen atoms in total. The lowest BCUT2D eigenvalue weighted by molar-refractivity contribution is -0.137. The van der Waals surface area contributed by atoms with Crippen molar-refractivity contribution in [1.82, 2.24) is 19.8 Å². The van der Waals surface area contributed by atoms with E-state index in [-0.39, 0.29) is 17.4 Å². The number of fused-ring (bicyclic) bond motifs is 1. The Labute approximate surface area is 193 Å². The van der Waals surface area contributed by atoms with Crippen LogP contribution >= 0.6 is 11.3 Å². The molecule has 5 rings (SSSR count). The van der Waals surface area contributed by atoms with Gasteiger partial charge in [0.25, 0.3) is 5.91 Å². The zero-order valence-electron chi connectivity index (χ0n) is 17.9. The third-order valence-electron chi connectivity index (χ3n) is 6.31. The molecule has 33 heavy (non-hydrogen) atoms. The second-order valence-corrected chi connectivity index (χ2v) is 9.28. The van der Waals surface area contributed by atoms with Crippen LogP contribution in [-0.2, 0) is 4.79 Å². The van der Waals surface area contributed by atoms with Crippen molar-refractivity contribution in [1.29, 1.82) is 0 Å². The van der Waals surface area contributed by atoms with E-state index in [9.17, 15) is 18.4 Å². The maximum atomic E-state index is 14.0. The van der Waals surface area contributed by atoms with Crippen molar-refractivity contribution in [3.8, 4) is 0 Å². The van der Waals surface area contributed by atoms with Crippen molar-refractivity contribution in [2.75, 3.05) is 44.2 Å². The van der Waals surface area contributed by atoms with Crippen LogP contribution in [0.1, 0.15) is 23.2 Å². The Balaban J connectivity index is 1.14. The molecule has 0 radical (unpaired) electrons. The van der Waals surface area contributed by atoms with Crippen LogP contribution < -0.4 is 4.90 Å². The topological polar surface area (TPSA) is 69.6 Å². The second kappa shape index (κ2) is 9.01.